The highest BCUT2D eigenvalue weighted by Gasteiger charge is 2.28. The van der Waals surface area contributed by atoms with E-state index < -0.39 is 0 Å². The molecule has 6 heteroatoms. The number of carbonyl (C=O) groups is 3. The molecule has 0 aromatic heterocycles. The highest BCUT2D eigenvalue weighted by Crippen LogP contribution is 2.17. The quantitative estimate of drug-likeness (QED) is 0.838. The van der Waals surface area contributed by atoms with Crippen LogP contribution in [-0.4, -0.2) is 22.6 Å². The summed E-state index contributed by atoms with van der Waals surface area (Å²) in [7, 11) is 0. The molecule has 1 N–H and O–H groups in total. The molecular formula is C19H17ClN2O3. The van der Waals surface area contributed by atoms with Gasteiger partial charge in [0.15, 0.2) is 0 Å². The SMILES string of the molecule is O=C(NCc1ccccc1Cl)c1ccc(CN2C(=O)CCC2=O)cc1. The van der Waals surface area contributed by atoms with E-state index in [9.17, 15) is 14.4 Å². The second kappa shape index (κ2) is 7.49. The molecule has 3 rings (SSSR count). The van der Waals surface area contributed by atoms with Crippen molar-refractivity contribution in [1.82, 2.24) is 10.2 Å². The number of imide groups is 1. The van der Waals surface area contributed by atoms with Crippen molar-refractivity contribution < 1.29 is 14.4 Å². The van der Waals surface area contributed by atoms with Crippen molar-refractivity contribution in [1.29, 1.82) is 0 Å². The third-order valence-electron chi connectivity index (χ3n) is 4.11. The Bertz CT molecular complexity index is 802. The van der Waals surface area contributed by atoms with Gasteiger partial charge in [0.1, 0.15) is 0 Å². The van der Waals surface area contributed by atoms with Gasteiger partial charge in [-0.2, -0.15) is 0 Å². The second-order valence-electron chi connectivity index (χ2n) is 5.84. The number of nitrogens with zero attached hydrogens (tertiary/aromatic N) is 1. The Balaban J connectivity index is 1.60. The van der Waals surface area contributed by atoms with Crippen molar-refractivity contribution in [3.05, 3.63) is 70.2 Å². The summed E-state index contributed by atoms with van der Waals surface area (Å²) in [5.74, 6) is -0.502. The highest BCUT2D eigenvalue weighted by molar-refractivity contribution is 6.31. The van der Waals surface area contributed by atoms with Crippen molar-refractivity contribution >= 4 is 29.3 Å². The van der Waals surface area contributed by atoms with Crippen molar-refractivity contribution in [2.75, 3.05) is 0 Å². The molecule has 2 aromatic rings. The molecule has 25 heavy (non-hydrogen) atoms. The molecule has 1 saturated heterocycles. The maximum Gasteiger partial charge on any atom is 0.251 e. The minimum atomic E-state index is -0.209. The lowest BCUT2D eigenvalue weighted by Crippen LogP contribution is -2.28. The molecule has 128 valence electrons. The second-order valence-corrected chi connectivity index (χ2v) is 6.25. The van der Waals surface area contributed by atoms with Gasteiger partial charge in [0, 0.05) is 30.0 Å². The van der Waals surface area contributed by atoms with E-state index in [2.05, 4.69) is 5.32 Å². The fourth-order valence-corrected chi connectivity index (χ4v) is 2.87. The Kier molecular flexibility index (Phi) is 5.14. The van der Waals surface area contributed by atoms with E-state index in [1.807, 2.05) is 18.2 Å². The van der Waals surface area contributed by atoms with Gasteiger partial charge in [-0.25, -0.2) is 0 Å². The van der Waals surface area contributed by atoms with E-state index in [1.54, 1.807) is 30.3 Å². The van der Waals surface area contributed by atoms with Gasteiger partial charge in [0.2, 0.25) is 11.8 Å². The number of carbonyl (C=O) groups excluding carboxylic acids is 3. The Hall–Kier alpha value is -2.66. The van der Waals surface area contributed by atoms with Gasteiger partial charge in [-0.05, 0) is 29.3 Å². The van der Waals surface area contributed by atoms with Gasteiger partial charge in [-0.3, -0.25) is 19.3 Å². The van der Waals surface area contributed by atoms with Crippen molar-refractivity contribution in [2.45, 2.75) is 25.9 Å². The third-order valence-corrected chi connectivity index (χ3v) is 4.48. The predicted octanol–water partition coefficient (Wildman–Crippen LogP) is 2.92. The van der Waals surface area contributed by atoms with Gasteiger partial charge >= 0.3 is 0 Å². The summed E-state index contributed by atoms with van der Waals surface area (Å²) in [6.07, 6.45) is 0.558. The smallest absolute Gasteiger partial charge is 0.251 e. The van der Waals surface area contributed by atoms with Crippen LogP contribution in [0.4, 0.5) is 0 Å². The molecule has 5 nitrogen and oxygen atoms in total. The van der Waals surface area contributed by atoms with E-state index >= 15 is 0 Å². The summed E-state index contributed by atoms with van der Waals surface area (Å²) in [6.45, 7) is 0.593. The molecular weight excluding hydrogens is 340 g/mol. The molecule has 0 radical (unpaired) electrons. The number of rotatable bonds is 5. The summed E-state index contributed by atoms with van der Waals surface area (Å²) in [5, 5.41) is 3.43. The largest absolute Gasteiger partial charge is 0.348 e. The number of likely N-dealkylation sites (tertiary alicyclic amines) is 1. The highest BCUT2D eigenvalue weighted by atomic mass is 35.5. The van der Waals surface area contributed by atoms with E-state index in [0.29, 0.717) is 17.1 Å². The first kappa shape index (κ1) is 17.2. The van der Waals surface area contributed by atoms with E-state index in [1.165, 1.54) is 4.90 Å². The van der Waals surface area contributed by atoms with Crippen LogP contribution in [0.1, 0.15) is 34.3 Å². The molecule has 1 aliphatic rings. The average molecular weight is 357 g/mol. The molecule has 0 bridgehead atoms. The third kappa shape index (κ3) is 4.06. The number of benzene rings is 2. The van der Waals surface area contributed by atoms with Crippen molar-refractivity contribution in [2.24, 2.45) is 0 Å². The van der Waals surface area contributed by atoms with Crippen molar-refractivity contribution in [3.8, 4) is 0 Å². The maximum absolute atomic E-state index is 12.2. The Morgan fingerprint density at radius 3 is 2.28 bits per heavy atom. The van der Waals surface area contributed by atoms with Gasteiger partial charge in [0.25, 0.3) is 5.91 Å². The van der Waals surface area contributed by atoms with Crippen LogP contribution in [-0.2, 0) is 22.7 Å². The van der Waals surface area contributed by atoms with Crippen LogP contribution in [0.15, 0.2) is 48.5 Å². The van der Waals surface area contributed by atoms with Crippen LogP contribution in [0.2, 0.25) is 5.02 Å². The fraction of sp³-hybridized carbons (Fsp3) is 0.211. The monoisotopic (exact) mass is 356 g/mol. The molecule has 3 amide bonds. The van der Waals surface area contributed by atoms with Gasteiger partial charge in [0.05, 0.1) is 6.54 Å². The summed E-state index contributed by atoms with van der Waals surface area (Å²) in [6, 6.07) is 14.2. The van der Waals surface area contributed by atoms with E-state index in [4.69, 9.17) is 11.6 Å². The summed E-state index contributed by atoms with van der Waals surface area (Å²) < 4.78 is 0. The predicted molar refractivity (Wildman–Crippen MR) is 93.9 cm³/mol. The number of amides is 3. The summed E-state index contributed by atoms with van der Waals surface area (Å²) in [4.78, 5) is 36.8. The lowest BCUT2D eigenvalue weighted by Gasteiger charge is -2.14. The zero-order valence-electron chi connectivity index (χ0n) is 13.5. The van der Waals surface area contributed by atoms with E-state index in [0.717, 1.165) is 11.1 Å². The number of halogens is 1. The molecule has 1 aliphatic heterocycles. The van der Waals surface area contributed by atoms with Crippen LogP contribution in [0.5, 0.6) is 0 Å². The molecule has 0 aliphatic carbocycles. The summed E-state index contributed by atoms with van der Waals surface area (Å²) >= 11 is 6.07. The molecule has 0 atom stereocenters. The lowest BCUT2D eigenvalue weighted by molar-refractivity contribution is -0.139. The topological polar surface area (TPSA) is 66.5 Å². The molecule has 0 spiro atoms. The number of hydrogen-bond acceptors (Lipinski definition) is 3. The average Bonchev–Trinajstić information content (AvgIpc) is 2.93. The van der Waals surface area contributed by atoms with Crippen LogP contribution in [0, 0.1) is 0 Å². The van der Waals surface area contributed by atoms with Crippen LogP contribution in [0.3, 0.4) is 0 Å². The zero-order chi connectivity index (χ0) is 17.8. The van der Waals surface area contributed by atoms with Crippen molar-refractivity contribution in [3.63, 3.8) is 0 Å². The zero-order valence-corrected chi connectivity index (χ0v) is 14.3. The number of hydrogen-bond donors (Lipinski definition) is 1. The molecule has 0 unspecified atom stereocenters. The lowest BCUT2D eigenvalue weighted by atomic mass is 10.1. The Morgan fingerprint density at radius 1 is 1.00 bits per heavy atom. The Morgan fingerprint density at radius 2 is 1.64 bits per heavy atom. The molecule has 1 fully saturated rings. The maximum atomic E-state index is 12.2. The van der Waals surface area contributed by atoms with Crippen LogP contribution >= 0.6 is 11.6 Å². The van der Waals surface area contributed by atoms with Gasteiger partial charge in [-0.1, -0.05) is 41.9 Å². The van der Waals surface area contributed by atoms with Crippen LogP contribution < -0.4 is 5.32 Å². The molecule has 2 aromatic carbocycles. The first-order chi connectivity index (χ1) is 12.0. The standard InChI is InChI=1S/C19H17ClN2O3/c20-16-4-2-1-3-15(16)11-21-19(25)14-7-5-13(6-8-14)12-22-17(23)9-10-18(22)24/h1-8H,9-12H2,(H,21,25). The normalized spacial score (nSPS) is 14.0. The molecule has 1 heterocycles. The first-order valence-corrected chi connectivity index (χ1v) is 8.36. The van der Waals surface area contributed by atoms with Gasteiger partial charge < -0.3 is 5.32 Å². The van der Waals surface area contributed by atoms with Crippen LogP contribution in [0.25, 0.3) is 0 Å². The van der Waals surface area contributed by atoms with Gasteiger partial charge in [-0.15, -0.1) is 0 Å². The fourth-order valence-electron chi connectivity index (χ4n) is 2.66. The first-order valence-electron chi connectivity index (χ1n) is 7.98. The molecule has 0 saturated carbocycles. The number of nitrogens with one attached hydrogen (secondary N) is 1. The van der Waals surface area contributed by atoms with E-state index in [-0.39, 0.29) is 37.1 Å². The minimum absolute atomic E-state index is 0.147. The summed E-state index contributed by atoms with van der Waals surface area (Å²) in [5.41, 5.74) is 2.17. The minimum Gasteiger partial charge on any atom is -0.348 e. The Labute approximate surface area is 150 Å².